The van der Waals surface area contributed by atoms with Crippen LogP contribution >= 0.6 is 0 Å². The molecule has 28 heavy (non-hydrogen) atoms. The summed E-state index contributed by atoms with van der Waals surface area (Å²) < 4.78 is 11.5. The topological polar surface area (TPSA) is 52.6 Å². The summed E-state index contributed by atoms with van der Waals surface area (Å²) in [4.78, 5) is 24.6. The van der Waals surface area contributed by atoms with Crippen LogP contribution in [-0.2, 0) is 19.1 Å². The lowest BCUT2D eigenvalue weighted by Crippen LogP contribution is -2.38. The van der Waals surface area contributed by atoms with Crippen molar-refractivity contribution >= 4 is 11.9 Å². The molecule has 4 rings (SSSR count). The fourth-order valence-electron chi connectivity index (χ4n) is 7.14. The predicted molar refractivity (Wildman–Crippen MR) is 107 cm³/mol. The first-order chi connectivity index (χ1) is 12.9. The number of ether oxygens (including phenoxy) is 2. The smallest absolute Gasteiger partial charge is 0.331 e. The summed E-state index contributed by atoms with van der Waals surface area (Å²) in [5, 5.41) is 0. The quantitative estimate of drug-likeness (QED) is 0.499. The summed E-state index contributed by atoms with van der Waals surface area (Å²) in [7, 11) is 0. The molecule has 0 amide bonds. The molecular weight excluding hydrogens is 352 g/mol. The van der Waals surface area contributed by atoms with E-state index in [1.165, 1.54) is 25.0 Å². The lowest BCUT2D eigenvalue weighted by Gasteiger charge is -2.38. The van der Waals surface area contributed by atoms with Crippen LogP contribution in [0.1, 0.15) is 80.1 Å². The second kappa shape index (κ2) is 6.09. The third kappa shape index (κ3) is 2.62. The van der Waals surface area contributed by atoms with E-state index in [0.29, 0.717) is 11.8 Å². The van der Waals surface area contributed by atoms with Crippen molar-refractivity contribution in [2.24, 2.45) is 33.5 Å². The van der Waals surface area contributed by atoms with E-state index in [1.807, 2.05) is 0 Å². The number of hydrogen-bond acceptors (Lipinski definition) is 4. The van der Waals surface area contributed by atoms with Crippen molar-refractivity contribution in [3.05, 3.63) is 12.2 Å². The lowest BCUT2D eigenvalue weighted by molar-refractivity contribution is -0.152. The van der Waals surface area contributed by atoms with Gasteiger partial charge in [-0.15, -0.1) is 0 Å². The van der Waals surface area contributed by atoms with Gasteiger partial charge in [0.15, 0.2) is 0 Å². The number of carbonyl (C=O) groups excluding carboxylic acids is 2. The second-order valence-electron chi connectivity index (χ2n) is 11.5. The molecule has 6 atom stereocenters. The molecule has 156 valence electrons. The van der Waals surface area contributed by atoms with Crippen molar-refractivity contribution in [3.8, 4) is 0 Å². The van der Waals surface area contributed by atoms with Crippen molar-refractivity contribution in [1.82, 2.24) is 0 Å². The van der Waals surface area contributed by atoms with E-state index in [4.69, 9.17) is 9.47 Å². The molecule has 4 nitrogen and oxygen atoms in total. The van der Waals surface area contributed by atoms with Gasteiger partial charge in [0.2, 0.25) is 0 Å². The van der Waals surface area contributed by atoms with Crippen LogP contribution < -0.4 is 0 Å². The standard InChI is InChI=1S/C24H36O4/c1-21(2)15-9-12-24(21,6)18(13-15)28-20(26)8-7-19(25)27-17-14-23(5)11-10-16(17)22(23,3)4/h7-8,15-18H,9-14H2,1-6H3/b8-7-/t15?,16?,17-,18?,23?,24?/m1/s1. The minimum atomic E-state index is -0.424. The summed E-state index contributed by atoms with van der Waals surface area (Å²) in [6.45, 7) is 13.7. The average molecular weight is 389 g/mol. The molecule has 0 aromatic heterocycles. The summed E-state index contributed by atoms with van der Waals surface area (Å²) in [6.07, 6.45) is 8.92. The van der Waals surface area contributed by atoms with Gasteiger partial charge < -0.3 is 9.47 Å². The zero-order valence-electron chi connectivity index (χ0n) is 18.3. The molecule has 0 saturated heterocycles. The molecule has 4 saturated carbocycles. The third-order valence-electron chi connectivity index (χ3n) is 10.2. The highest BCUT2D eigenvalue weighted by atomic mass is 16.6. The molecule has 0 heterocycles. The molecular formula is C24H36O4. The van der Waals surface area contributed by atoms with Gasteiger partial charge in [-0.3, -0.25) is 0 Å². The number of rotatable bonds is 4. The Morgan fingerprint density at radius 2 is 1.50 bits per heavy atom. The molecule has 5 unspecified atom stereocenters. The summed E-state index contributed by atoms with van der Waals surface area (Å²) in [5.74, 6) is 0.185. The van der Waals surface area contributed by atoms with Crippen LogP contribution in [0, 0.1) is 33.5 Å². The Morgan fingerprint density at radius 3 is 1.96 bits per heavy atom. The van der Waals surface area contributed by atoms with E-state index in [1.54, 1.807) is 0 Å². The van der Waals surface area contributed by atoms with Gasteiger partial charge >= 0.3 is 11.9 Å². The van der Waals surface area contributed by atoms with Crippen molar-refractivity contribution in [2.75, 3.05) is 0 Å². The molecule has 4 aliphatic rings. The van der Waals surface area contributed by atoms with Crippen LogP contribution in [0.15, 0.2) is 12.2 Å². The molecule has 0 aromatic carbocycles. The normalized spacial score (nSPS) is 44.9. The highest BCUT2D eigenvalue weighted by Gasteiger charge is 2.63. The van der Waals surface area contributed by atoms with Crippen LogP contribution in [0.4, 0.5) is 0 Å². The maximum atomic E-state index is 12.3. The first kappa shape index (κ1) is 20.0. The Hall–Kier alpha value is -1.32. The van der Waals surface area contributed by atoms with E-state index in [9.17, 15) is 9.59 Å². The van der Waals surface area contributed by atoms with Crippen molar-refractivity contribution < 1.29 is 19.1 Å². The Kier molecular flexibility index (Phi) is 4.34. The van der Waals surface area contributed by atoms with Crippen LogP contribution in [0.2, 0.25) is 0 Å². The van der Waals surface area contributed by atoms with E-state index in [2.05, 4.69) is 41.5 Å². The molecule has 4 heteroatoms. The van der Waals surface area contributed by atoms with E-state index < -0.39 is 11.9 Å². The lowest BCUT2D eigenvalue weighted by atomic mass is 9.70. The molecule has 4 fully saturated rings. The number of hydrogen-bond donors (Lipinski definition) is 0. The third-order valence-corrected chi connectivity index (χ3v) is 10.2. The Bertz CT molecular complexity index is 717. The largest absolute Gasteiger partial charge is 0.459 e. The zero-order valence-corrected chi connectivity index (χ0v) is 18.3. The zero-order chi connectivity index (χ0) is 20.5. The van der Waals surface area contributed by atoms with Gasteiger partial charge in [0.25, 0.3) is 0 Å². The van der Waals surface area contributed by atoms with Crippen molar-refractivity contribution in [2.45, 2.75) is 92.3 Å². The predicted octanol–water partition coefficient (Wildman–Crippen LogP) is 5.06. The minimum absolute atomic E-state index is 0.0335. The van der Waals surface area contributed by atoms with Gasteiger partial charge in [0.05, 0.1) is 0 Å². The van der Waals surface area contributed by atoms with Crippen LogP contribution in [-0.4, -0.2) is 24.1 Å². The average Bonchev–Trinajstić information content (AvgIpc) is 3.11. The summed E-state index contributed by atoms with van der Waals surface area (Å²) in [5.41, 5.74) is 0.678. The highest BCUT2D eigenvalue weighted by molar-refractivity contribution is 5.91. The fourth-order valence-corrected chi connectivity index (χ4v) is 7.14. The first-order valence-corrected chi connectivity index (χ1v) is 11.0. The van der Waals surface area contributed by atoms with Crippen molar-refractivity contribution in [3.63, 3.8) is 0 Å². The summed E-state index contributed by atoms with van der Waals surface area (Å²) in [6, 6.07) is 0. The van der Waals surface area contributed by atoms with Gasteiger partial charge in [-0.2, -0.15) is 0 Å². The molecule has 0 aromatic rings. The molecule has 0 radical (unpaired) electrons. The Labute approximate surface area is 169 Å². The van der Waals surface area contributed by atoms with E-state index in [0.717, 1.165) is 25.7 Å². The molecule has 0 spiro atoms. The van der Waals surface area contributed by atoms with Crippen molar-refractivity contribution in [1.29, 1.82) is 0 Å². The SMILES string of the molecule is CC12CCC([C@H](OC(=O)/C=C\C(=O)OC3CC4CCC3(C)C4(C)C)C1)C2(C)C. The van der Waals surface area contributed by atoms with Crippen LogP contribution in [0.3, 0.4) is 0 Å². The van der Waals surface area contributed by atoms with Gasteiger partial charge in [-0.25, -0.2) is 9.59 Å². The summed E-state index contributed by atoms with van der Waals surface area (Å²) >= 11 is 0. The van der Waals surface area contributed by atoms with E-state index >= 15 is 0 Å². The van der Waals surface area contributed by atoms with Crippen LogP contribution in [0.5, 0.6) is 0 Å². The molecule has 0 N–H and O–H groups in total. The fraction of sp³-hybridized carbons (Fsp3) is 0.833. The maximum Gasteiger partial charge on any atom is 0.331 e. The van der Waals surface area contributed by atoms with Gasteiger partial charge in [0.1, 0.15) is 12.2 Å². The maximum absolute atomic E-state index is 12.3. The Morgan fingerprint density at radius 1 is 0.857 bits per heavy atom. The minimum Gasteiger partial charge on any atom is -0.459 e. The monoisotopic (exact) mass is 388 g/mol. The second-order valence-corrected chi connectivity index (χ2v) is 11.5. The number of carbonyl (C=O) groups is 2. The number of esters is 2. The van der Waals surface area contributed by atoms with Gasteiger partial charge in [-0.1, -0.05) is 41.5 Å². The molecule has 0 aliphatic heterocycles. The van der Waals surface area contributed by atoms with Crippen LogP contribution in [0.25, 0.3) is 0 Å². The Balaban J connectivity index is 1.32. The first-order valence-electron chi connectivity index (χ1n) is 11.0. The molecule has 4 bridgehead atoms. The van der Waals surface area contributed by atoms with Gasteiger partial charge in [0, 0.05) is 23.5 Å². The number of fused-ring (bicyclic) bond motifs is 4. The van der Waals surface area contributed by atoms with E-state index in [-0.39, 0.29) is 33.9 Å². The van der Waals surface area contributed by atoms with Gasteiger partial charge in [-0.05, 0) is 60.7 Å². The highest BCUT2D eigenvalue weighted by Crippen LogP contribution is 2.67. The molecule has 4 aliphatic carbocycles.